The molecule has 0 bridgehead atoms. The lowest BCUT2D eigenvalue weighted by molar-refractivity contribution is 0.339. The topological polar surface area (TPSA) is 16.1 Å². The number of rotatable bonds is 1. The standard InChI is InChI=1S/C10H12N2/c1-12-7-3-5-10(12)9-4-2-6-11-8-9/h2-6,8,10H,7H2,1H3. The van der Waals surface area contributed by atoms with Crippen LogP contribution in [0.5, 0.6) is 0 Å². The first-order chi connectivity index (χ1) is 5.88. The predicted molar refractivity (Wildman–Crippen MR) is 48.7 cm³/mol. The van der Waals surface area contributed by atoms with Gasteiger partial charge < -0.3 is 0 Å². The number of aromatic nitrogens is 1. The average molecular weight is 160 g/mol. The van der Waals surface area contributed by atoms with Gasteiger partial charge in [0.05, 0.1) is 6.04 Å². The summed E-state index contributed by atoms with van der Waals surface area (Å²) in [5.41, 5.74) is 1.27. The van der Waals surface area contributed by atoms with E-state index in [1.807, 2.05) is 18.5 Å². The van der Waals surface area contributed by atoms with Gasteiger partial charge in [-0.2, -0.15) is 0 Å². The van der Waals surface area contributed by atoms with E-state index < -0.39 is 0 Å². The second-order valence-corrected chi connectivity index (χ2v) is 3.10. The molecule has 12 heavy (non-hydrogen) atoms. The fraction of sp³-hybridized carbons (Fsp3) is 0.300. The maximum atomic E-state index is 4.10. The van der Waals surface area contributed by atoms with Gasteiger partial charge in [-0.15, -0.1) is 0 Å². The van der Waals surface area contributed by atoms with Crippen LogP contribution in [0.15, 0.2) is 36.7 Å². The van der Waals surface area contributed by atoms with Crippen LogP contribution in [-0.4, -0.2) is 23.5 Å². The Morgan fingerprint density at radius 2 is 2.50 bits per heavy atom. The van der Waals surface area contributed by atoms with Crippen molar-refractivity contribution >= 4 is 0 Å². The van der Waals surface area contributed by atoms with Gasteiger partial charge in [-0.05, 0) is 18.7 Å². The summed E-state index contributed by atoms with van der Waals surface area (Å²) >= 11 is 0. The number of nitrogens with zero attached hydrogens (tertiary/aromatic N) is 2. The lowest BCUT2D eigenvalue weighted by Crippen LogP contribution is -2.18. The second-order valence-electron chi connectivity index (χ2n) is 3.10. The highest BCUT2D eigenvalue weighted by Gasteiger charge is 2.16. The van der Waals surface area contributed by atoms with Gasteiger partial charge >= 0.3 is 0 Å². The van der Waals surface area contributed by atoms with Gasteiger partial charge in [-0.3, -0.25) is 9.88 Å². The summed E-state index contributed by atoms with van der Waals surface area (Å²) in [6, 6.07) is 4.53. The molecule has 2 rings (SSSR count). The first-order valence-corrected chi connectivity index (χ1v) is 4.15. The molecule has 0 aliphatic carbocycles. The summed E-state index contributed by atoms with van der Waals surface area (Å²) in [5.74, 6) is 0. The fourth-order valence-corrected chi connectivity index (χ4v) is 1.53. The minimum absolute atomic E-state index is 0.429. The van der Waals surface area contributed by atoms with E-state index in [1.165, 1.54) is 5.56 Å². The summed E-state index contributed by atoms with van der Waals surface area (Å²) in [6.07, 6.45) is 8.15. The Morgan fingerprint density at radius 3 is 3.08 bits per heavy atom. The molecule has 0 N–H and O–H groups in total. The number of likely N-dealkylation sites (N-methyl/N-ethyl adjacent to an activating group) is 1. The van der Waals surface area contributed by atoms with E-state index in [0.717, 1.165) is 6.54 Å². The Bertz CT molecular complexity index is 279. The lowest BCUT2D eigenvalue weighted by Gasteiger charge is -2.18. The van der Waals surface area contributed by atoms with Crippen LogP contribution in [0.4, 0.5) is 0 Å². The smallest absolute Gasteiger partial charge is 0.0547 e. The normalized spacial score (nSPS) is 23.2. The monoisotopic (exact) mass is 160 g/mol. The molecule has 2 heteroatoms. The number of hydrogen-bond donors (Lipinski definition) is 0. The van der Waals surface area contributed by atoms with Crippen molar-refractivity contribution in [1.82, 2.24) is 9.88 Å². The highest BCUT2D eigenvalue weighted by Crippen LogP contribution is 2.23. The third kappa shape index (κ3) is 1.25. The van der Waals surface area contributed by atoms with Gasteiger partial charge in [0.2, 0.25) is 0 Å². The molecule has 1 aliphatic heterocycles. The molecule has 1 unspecified atom stereocenters. The molecule has 0 saturated heterocycles. The molecule has 0 radical (unpaired) electrons. The van der Waals surface area contributed by atoms with Gasteiger partial charge in [-0.1, -0.05) is 18.2 Å². The molecule has 0 amide bonds. The minimum Gasteiger partial charge on any atom is -0.292 e. The number of hydrogen-bond acceptors (Lipinski definition) is 2. The highest BCUT2D eigenvalue weighted by molar-refractivity contribution is 5.22. The van der Waals surface area contributed by atoms with Crippen LogP contribution in [0.25, 0.3) is 0 Å². The molecule has 0 saturated carbocycles. The molecule has 0 aromatic carbocycles. The molecule has 1 aliphatic rings. The van der Waals surface area contributed by atoms with E-state index in [0.29, 0.717) is 6.04 Å². The predicted octanol–water partition coefficient (Wildman–Crippen LogP) is 1.62. The zero-order chi connectivity index (χ0) is 8.39. The van der Waals surface area contributed by atoms with Crippen molar-refractivity contribution in [3.8, 4) is 0 Å². The minimum atomic E-state index is 0.429. The fourth-order valence-electron chi connectivity index (χ4n) is 1.53. The SMILES string of the molecule is CN1CC=CC1c1cccnc1. The first-order valence-electron chi connectivity index (χ1n) is 4.15. The van der Waals surface area contributed by atoms with Crippen molar-refractivity contribution in [2.24, 2.45) is 0 Å². The van der Waals surface area contributed by atoms with Crippen molar-refractivity contribution in [3.63, 3.8) is 0 Å². The summed E-state index contributed by atoms with van der Waals surface area (Å²) in [4.78, 5) is 6.39. The van der Waals surface area contributed by atoms with Crippen molar-refractivity contribution in [2.45, 2.75) is 6.04 Å². The van der Waals surface area contributed by atoms with Crippen LogP contribution in [0.1, 0.15) is 11.6 Å². The van der Waals surface area contributed by atoms with E-state index in [-0.39, 0.29) is 0 Å². The molecule has 1 aromatic rings. The van der Waals surface area contributed by atoms with E-state index in [2.05, 4.69) is 35.1 Å². The van der Waals surface area contributed by atoms with E-state index in [1.54, 1.807) is 0 Å². The van der Waals surface area contributed by atoms with Crippen molar-refractivity contribution in [2.75, 3.05) is 13.6 Å². The Balaban J connectivity index is 2.25. The molecule has 62 valence electrons. The molecule has 2 nitrogen and oxygen atoms in total. The van der Waals surface area contributed by atoms with E-state index >= 15 is 0 Å². The quantitative estimate of drug-likeness (QED) is 0.580. The van der Waals surface area contributed by atoms with Crippen LogP contribution in [0.2, 0.25) is 0 Å². The molecule has 2 heterocycles. The third-order valence-corrected chi connectivity index (χ3v) is 2.21. The maximum absolute atomic E-state index is 4.10. The van der Waals surface area contributed by atoms with Gasteiger partial charge in [0.1, 0.15) is 0 Å². The Kier molecular flexibility index (Phi) is 1.92. The number of pyridine rings is 1. The molecular weight excluding hydrogens is 148 g/mol. The zero-order valence-corrected chi connectivity index (χ0v) is 7.14. The van der Waals surface area contributed by atoms with Gasteiger partial charge in [-0.25, -0.2) is 0 Å². The Morgan fingerprint density at radius 1 is 1.58 bits per heavy atom. The van der Waals surface area contributed by atoms with Crippen molar-refractivity contribution < 1.29 is 0 Å². The average Bonchev–Trinajstić information content (AvgIpc) is 2.53. The summed E-state index contributed by atoms with van der Waals surface area (Å²) in [5, 5.41) is 0. The lowest BCUT2D eigenvalue weighted by atomic mass is 10.1. The molecule has 1 atom stereocenters. The van der Waals surface area contributed by atoms with Crippen molar-refractivity contribution in [3.05, 3.63) is 42.2 Å². The van der Waals surface area contributed by atoms with E-state index in [9.17, 15) is 0 Å². The van der Waals surface area contributed by atoms with E-state index in [4.69, 9.17) is 0 Å². The van der Waals surface area contributed by atoms with Crippen LogP contribution in [0, 0.1) is 0 Å². The van der Waals surface area contributed by atoms with Crippen molar-refractivity contribution in [1.29, 1.82) is 0 Å². The highest BCUT2D eigenvalue weighted by atomic mass is 15.1. The van der Waals surface area contributed by atoms with Crippen LogP contribution in [-0.2, 0) is 0 Å². The third-order valence-electron chi connectivity index (χ3n) is 2.21. The summed E-state index contributed by atoms with van der Waals surface area (Å²) < 4.78 is 0. The largest absolute Gasteiger partial charge is 0.292 e. The van der Waals surface area contributed by atoms with Crippen LogP contribution in [0.3, 0.4) is 0 Å². The van der Waals surface area contributed by atoms with Gasteiger partial charge in [0.15, 0.2) is 0 Å². The van der Waals surface area contributed by atoms with Gasteiger partial charge in [0, 0.05) is 18.9 Å². The molecule has 0 spiro atoms. The summed E-state index contributed by atoms with van der Waals surface area (Å²) in [7, 11) is 2.12. The first kappa shape index (κ1) is 7.50. The van der Waals surface area contributed by atoms with Crippen LogP contribution < -0.4 is 0 Å². The Labute approximate surface area is 72.5 Å². The summed E-state index contributed by atoms with van der Waals surface area (Å²) in [6.45, 7) is 1.04. The maximum Gasteiger partial charge on any atom is 0.0547 e. The molecule has 0 fully saturated rings. The second kappa shape index (κ2) is 3.07. The molecule has 1 aromatic heterocycles. The zero-order valence-electron chi connectivity index (χ0n) is 7.14. The van der Waals surface area contributed by atoms with Crippen LogP contribution >= 0.6 is 0 Å². The van der Waals surface area contributed by atoms with Gasteiger partial charge in [0.25, 0.3) is 0 Å². The molecular formula is C10H12N2. The Hall–Kier alpha value is -1.15.